The lowest BCUT2D eigenvalue weighted by molar-refractivity contribution is -0.136. The fourth-order valence-electron chi connectivity index (χ4n) is 1.64. The second kappa shape index (κ2) is 4.86. The third-order valence-electron chi connectivity index (χ3n) is 2.56. The molecule has 0 radical (unpaired) electrons. The van der Waals surface area contributed by atoms with E-state index in [2.05, 4.69) is 4.98 Å². The fourth-order valence-corrected chi connectivity index (χ4v) is 2.72. The molecular formula is C13H12FNO2S. The molecule has 0 bridgehead atoms. The first kappa shape index (κ1) is 12.7. The summed E-state index contributed by atoms with van der Waals surface area (Å²) in [4.78, 5) is 15.6. The van der Waals surface area contributed by atoms with Crippen LogP contribution in [0.2, 0.25) is 0 Å². The minimum Gasteiger partial charge on any atom is -0.481 e. The van der Waals surface area contributed by atoms with Crippen molar-refractivity contribution in [2.45, 2.75) is 20.3 Å². The Hall–Kier alpha value is -1.75. The van der Waals surface area contributed by atoms with Crippen LogP contribution in [0.25, 0.3) is 10.6 Å². The van der Waals surface area contributed by atoms with Gasteiger partial charge in [0.2, 0.25) is 0 Å². The van der Waals surface area contributed by atoms with Crippen molar-refractivity contribution in [1.29, 1.82) is 0 Å². The number of thiazole rings is 1. The molecule has 1 aromatic heterocycles. The highest BCUT2D eigenvalue weighted by Gasteiger charge is 2.14. The summed E-state index contributed by atoms with van der Waals surface area (Å²) in [5.41, 5.74) is 1.91. The second-order valence-electron chi connectivity index (χ2n) is 4.08. The fraction of sp³-hybridized carbons (Fsp3) is 0.231. The first-order valence-electron chi connectivity index (χ1n) is 5.42. The molecule has 0 aliphatic heterocycles. The summed E-state index contributed by atoms with van der Waals surface area (Å²) in [6.07, 6.45) is -0.0724. The van der Waals surface area contributed by atoms with E-state index in [-0.39, 0.29) is 12.2 Å². The van der Waals surface area contributed by atoms with E-state index in [0.29, 0.717) is 21.1 Å². The van der Waals surface area contributed by atoms with Gasteiger partial charge in [0.1, 0.15) is 10.8 Å². The van der Waals surface area contributed by atoms with Gasteiger partial charge in [-0.1, -0.05) is 6.07 Å². The number of aliphatic carboxylic acids is 1. The monoisotopic (exact) mass is 265 g/mol. The molecule has 2 aromatic rings. The summed E-state index contributed by atoms with van der Waals surface area (Å²) in [7, 11) is 0. The number of hydrogen-bond acceptors (Lipinski definition) is 3. The average molecular weight is 265 g/mol. The number of aromatic nitrogens is 1. The Labute approximate surface area is 108 Å². The summed E-state index contributed by atoms with van der Waals surface area (Å²) in [6, 6.07) is 4.93. The summed E-state index contributed by atoms with van der Waals surface area (Å²) >= 11 is 1.23. The van der Waals surface area contributed by atoms with Crippen molar-refractivity contribution in [2.75, 3.05) is 0 Å². The normalized spacial score (nSPS) is 10.6. The Morgan fingerprint density at radius 1 is 1.44 bits per heavy atom. The van der Waals surface area contributed by atoms with E-state index in [0.717, 1.165) is 5.56 Å². The Kier molecular flexibility index (Phi) is 3.43. The van der Waals surface area contributed by atoms with E-state index < -0.39 is 5.97 Å². The van der Waals surface area contributed by atoms with Gasteiger partial charge in [-0.15, -0.1) is 11.3 Å². The molecule has 0 spiro atoms. The number of carboxylic acid groups (broad SMARTS) is 1. The quantitative estimate of drug-likeness (QED) is 0.927. The third kappa shape index (κ3) is 2.56. The van der Waals surface area contributed by atoms with Crippen molar-refractivity contribution in [3.05, 3.63) is 40.2 Å². The Morgan fingerprint density at radius 2 is 2.17 bits per heavy atom. The molecule has 0 amide bonds. The highest BCUT2D eigenvalue weighted by Crippen LogP contribution is 2.30. The van der Waals surface area contributed by atoms with Gasteiger partial charge in [-0.2, -0.15) is 0 Å². The van der Waals surface area contributed by atoms with Crippen LogP contribution in [0.15, 0.2) is 18.2 Å². The molecule has 1 heterocycles. The maximum atomic E-state index is 13.8. The predicted octanol–water partition coefficient (Wildman–Crippen LogP) is 3.19. The molecule has 0 saturated heterocycles. The van der Waals surface area contributed by atoms with Crippen LogP contribution in [0.3, 0.4) is 0 Å². The Morgan fingerprint density at radius 3 is 2.78 bits per heavy atom. The molecule has 2 rings (SSSR count). The van der Waals surface area contributed by atoms with E-state index in [1.54, 1.807) is 13.0 Å². The summed E-state index contributed by atoms with van der Waals surface area (Å²) in [6.45, 7) is 3.56. The molecule has 3 nitrogen and oxygen atoms in total. The number of aryl methyl sites for hydroxylation is 2. The standard InChI is InChI=1S/C13H12FNO2S/c1-7-3-4-9(10(14)5-7)13-15-8(2)11(18-13)6-12(16)17/h3-5H,6H2,1-2H3,(H,16,17). The van der Waals surface area contributed by atoms with E-state index in [1.807, 2.05) is 13.0 Å². The van der Waals surface area contributed by atoms with Crippen molar-refractivity contribution in [2.24, 2.45) is 0 Å². The zero-order valence-corrected chi connectivity index (χ0v) is 10.8. The van der Waals surface area contributed by atoms with Crippen molar-refractivity contribution in [3.8, 4) is 10.6 Å². The number of hydrogen-bond donors (Lipinski definition) is 1. The average Bonchev–Trinajstić information content (AvgIpc) is 2.59. The summed E-state index contributed by atoms with van der Waals surface area (Å²) in [5.74, 6) is -1.23. The van der Waals surface area contributed by atoms with E-state index in [4.69, 9.17) is 5.11 Å². The maximum absolute atomic E-state index is 13.8. The van der Waals surface area contributed by atoms with Gasteiger partial charge in [-0.3, -0.25) is 4.79 Å². The smallest absolute Gasteiger partial charge is 0.308 e. The lowest BCUT2D eigenvalue weighted by Gasteiger charge is -1.99. The van der Waals surface area contributed by atoms with Gasteiger partial charge in [0.05, 0.1) is 12.1 Å². The van der Waals surface area contributed by atoms with E-state index in [9.17, 15) is 9.18 Å². The number of nitrogens with zero attached hydrogens (tertiary/aromatic N) is 1. The van der Waals surface area contributed by atoms with Gasteiger partial charge in [0, 0.05) is 10.4 Å². The SMILES string of the molecule is Cc1ccc(-c2nc(C)c(CC(=O)O)s2)c(F)c1. The molecule has 0 aliphatic rings. The van der Waals surface area contributed by atoms with Crippen LogP contribution in [0, 0.1) is 19.7 Å². The molecule has 5 heteroatoms. The Balaban J connectivity index is 2.42. The van der Waals surface area contributed by atoms with E-state index in [1.165, 1.54) is 17.4 Å². The minimum absolute atomic E-state index is 0.0724. The molecule has 0 unspecified atom stereocenters. The molecule has 94 valence electrons. The van der Waals surface area contributed by atoms with Gasteiger partial charge in [-0.25, -0.2) is 9.37 Å². The Bertz CT molecular complexity index is 607. The second-order valence-corrected chi connectivity index (χ2v) is 5.17. The van der Waals surface area contributed by atoms with Crippen LogP contribution < -0.4 is 0 Å². The van der Waals surface area contributed by atoms with Crippen LogP contribution in [-0.2, 0) is 11.2 Å². The number of halogens is 1. The van der Waals surface area contributed by atoms with Crippen molar-refractivity contribution in [3.63, 3.8) is 0 Å². The third-order valence-corrected chi connectivity index (χ3v) is 3.75. The number of carbonyl (C=O) groups is 1. The van der Waals surface area contributed by atoms with Crippen LogP contribution >= 0.6 is 11.3 Å². The highest BCUT2D eigenvalue weighted by atomic mass is 32.1. The zero-order chi connectivity index (χ0) is 13.3. The van der Waals surface area contributed by atoms with Crippen molar-refractivity contribution in [1.82, 2.24) is 4.98 Å². The van der Waals surface area contributed by atoms with Gasteiger partial charge in [0.25, 0.3) is 0 Å². The topological polar surface area (TPSA) is 50.2 Å². The van der Waals surface area contributed by atoms with Gasteiger partial charge >= 0.3 is 5.97 Å². The summed E-state index contributed by atoms with van der Waals surface area (Å²) in [5, 5.41) is 9.30. The van der Waals surface area contributed by atoms with Crippen LogP contribution in [0.5, 0.6) is 0 Å². The molecule has 18 heavy (non-hydrogen) atoms. The molecular weight excluding hydrogens is 253 g/mol. The molecule has 0 atom stereocenters. The molecule has 0 fully saturated rings. The zero-order valence-electron chi connectivity index (χ0n) is 10.0. The first-order valence-corrected chi connectivity index (χ1v) is 6.23. The molecule has 0 aliphatic carbocycles. The van der Waals surface area contributed by atoms with Gasteiger partial charge < -0.3 is 5.11 Å². The maximum Gasteiger partial charge on any atom is 0.308 e. The first-order chi connectivity index (χ1) is 8.47. The lowest BCUT2D eigenvalue weighted by Crippen LogP contribution is -1.99. The minimum atomic E-state index is -0.905. The van der Waals surface area contributed by atoms with Crippen molar-refractivity contribution >= 4 is 17.3 Å². The van der Waals surface area contributed by atoms with E-state index >= 15 is 0 Å². The molecule has 1 N–H and O–H groups in total. The van der Waals surface area contributed by atoms with Gasteiger partial charge in [0.15, 0.2) is 0 Å². The molecule has 1 aromatic carbocycles. The predicted molar refractivity (Wildman–Crippen MR) is 68.3 cm³/mol. The highest BCUT2D eigenvalue weighted by molar-refractivity contribution is 7.15. The van der Waals surface area contributed by atoms with Crippen LogP contribution in [0.4, 0.5) is 4.39 Å². The largest absolute Gasteiger partial charge is 0.481 e. The molecule has 0 saturated carbocycles. The number of carboxylic acids is 1. The van der Waals surface area contributed by atoms with Gasteiger partial charge in [-0.05, 0) is 31.5 Å². The van der Waals surface area contributed by atoms with Crippen LogP contribution in [0.1, 0.15) is 16.1 Å². The van der Waals surface area contributed by atoms with Crippen molar-refractivity contribution < 1.29 is 14.3 Å². The number of benzene rings is 1. The lowest BCUT2D eigenvalue weighted by atomic mass is 10.1. The number of rotatable bonds is 3. The van der Waals surface area contributed by atoms with Crippen LogP contribution in [-0.4, -0.2) is 16.1 Å². The summed E-state index contributed by atoms with van der Waals surface area (Å²) < 4.78 is 13.8.